The normalized spacial score (nSPS) is 12.2. The van der Waals surface area contributed by atoms with Crippen molar-refractivity contribution in [1.82, 2.24) is 0 Å². The molecule has 0 bridgehead atoms. The van der Waals surface area contributed by atoms with Crippen LogP contribution in [-0.2, 0) is 0 Å². The summed E-state index contributed by atoms with van der Waals surface area (Å²) < 4.78 is 0. The van der Waals surface area contributed by atoms with E-state index in [9.17, 15) is 4.79 Å². The number of thioether (sulfide) groups is 1. The van der Waals surface area contributed by atoms with Crippen LogP contribution in [0.15, 0.2) is 12.1 Å². The zero-order chi connectivity index (χ0) is 14.6. The summed E-state index contributed by atoms with van der Waals surface area (Å²) in [6.07, 6.45) is 3.06. The molecule has 1 aromatic rings. The molecule has 0 aliphatic heterocycles. The molecule has 0 radical (unpaired) electrons. The fraction of sp³-hybridized carbons (Fsp3) is 0.462. The van der Waals surface area contributed by atoms with Gasteiger partial charge in [-0.05, 0) is 37.5 Å². The topological polar surface area (TPSA) is 72.3 Å². The van der Waals surface area contributed by atoms with E-state index in [0.29, 0.717) is 22.0 Å². The molecule has 4 N–H and O–H groups in total. The lowest BCUT2D eigenvalue weighted by Crippen LogP contribution is -2.32. The van der Waals surface area contributed by atoms with Gasteiger partial charge >= 0.3 is 0 Å². The third kappa shape index (κ3) is 3.94. The standard InChI is InChI=1S/C13H20ClN3OS/c1-8(4-5-19-3)17(2)12-10(13(16)18)6-9(15)7-11(12)14/h6-8H,4-5,15H2,1-3H3,(H2,16,18). The van der Waals surface area contributed by atoms with Gasteiger partial charge in [-0.15, -0.1) is 0 Å². The molecule has 1 amide bonds. The van der Waals surface area contributed by atoms with Crippen LogP contribution in [0.5, 0.6) is 0 Å². The molecule has 106 valence electrons. The number of carbonyl (C=O) groups is 1. The molecule has 6 heteroatoms. The Morgan fingerprint density at radius 3 is 2.68 bits per heavy atom. The molecule has 0 heterocycles. The lowest BCUT2D eigenvalue weighted by Gasteiger charge is -2.29. The van der Waals surface area contributed by atoms with Crippen molar-refractivity contribution >= 4 is 40.6 Å². The Morgan fingerprint density at radius 1 is 1.53 bits per heavy atom. The number of anilines is 2. The molecular formula is C13H20ClN3OS. The molecule has 19 heavy (non-hydrogen) atoms. The highest BCUT2D eigenvalue weighted by molar-refractivity contribution is 7.98. The van der Waals surface area contributed by atoms with Crippen LogP contribution in [0.3, 0.4) is 0 Å². The molecular weight excluding hydrogens is 282 g/mol. The molecule has 0 aromatic heterocycles. The van der Waals surface area contributed by atoms with Crippen molar-refractivity contribution < 1.29 is 4.79 Å². The van der Waals surface area contributed by atoms with Gasteiger partial charge in [0.25, 0.3) is 5.91 Å². The second-order valence-electron chi connectivity index (χ2n) is 4.50. The zero-order valence-electron chi connectivity index (χ0n) is 11.4. The van der Waals surface area contributed by atoms with E-state index in [1.54, 1.807) is 23.9 Å². The Kier molecular flexibility index (Phi) is 5.82. The highest BCUT2D eigenvalue weighted by Crippen LogP contribution is 2.33. The summed E-state index contributed by atoms with van der Waals surface area (Å²) in [5.74, 6) is 0.525. The number of carbonyl (C=O) groups excluding carboxylic acids is 1. The molecule has 0 saturated heterocycles. The average molecular weight is 302 g/mol. The molecule has 0 fully saturated rings. The van der Waals surface area contributed by atoms with Crippen molar-refractivity contribution in [3.05, 3.63) is 22.7 Å². The summed E-state index contributed by atoms with van der Waals surface area (Å²) in [7, 11) is 1.91. The van der Waals surface area contributed by atoms with E-state index in [-0.39, 0.29) is 6.04 Å². The second kappa shape index (κ2) is 6.91. The molecule has 4 nitrogen and oxygen atoms in total. The van der Waals surface area contributed by atoms with Crippen molar-refractivity contribution in [2.24, 2.45) is 5.73 Å². The molecule has 0 aliphatic carbocycles. The van der Waals surface area contributed by atoms with Gasteiger partial charge in [0.1, 0.15) is 0 Å². The number of halogens is 1. The van der Waals surface area contributed by atoms with Gasteiger partial charge in [0.15, 0.2) is 0 Å². The lowest BCUT2D eigenvalue weighted by atomic mass is 10.1. The maximum atomic E-state index is 11.5. The molecule has 1 aromatic carbocycles. The Labute approximate surface area is 123 Å². The Balaban J connectivity index is 3.14. The van der Waals surface area contributed by atoms with Crippen molar-refractivity contribution in [1.29, 1.82) is 0 Å². The number of nitrogen functional groups attached to an aromatic ring is 1. The monoisotopic (exact) mass is 301 g/mol. The van der Waals surface area contributed by atoms with Crippen molar-refractivity contribution in [2.45, 2.75) is 19.4 Å². The van der Waals surface area contributed by atoms with Crippen LogP contribution in [0.2, 0.25) is 5.02 Å². The van der Waals surface area contributed by atoms with E-state index < -0.39 is 5.91 Å². The van der Waals surface area contributed by atoms with Crippen LogP contribution in [0.4, 0.5) is 11.4 Å². The van der Waals surface area contributed by atoms with E-state index in [0.717, 1.165) is 12.2 Å². The molecule has 1 unspecified atom stereocenters. The summed E-state index contributed by atoms with van der Waals surface area (Å²) >= 11 is 8.01. The zero-order valence-corrected chi connectivity index (χ0v) is 13.0. The molecule has 1 rings (SSSR count). The smallest absolute Gasteiger partial charge is 0.250 e. The van der Waals surface area contributed by atoms with Crippen molar-refractivity contribution in [3.8, 4) is 0 Å². The van der Waals surface area contributed by atoms with Gasteiger partial charge in [-0.3, -0.25) is 4.79 Å². The fourth-order valence-electron chi connectivity index (χ4n) is 1.87. The van der Waals surface area contributed by atoms with Crippen LogP contribution in [0, 0.1) is 0 Å². The molecule has 0 aliphatic rings. The minimum atomic E-state index is -0.520. The maximum Gasteiger partial charge on any atom is 0.250 e. The highest BCUT2D eigenvalue weighted by atomic mass is 35.5. The first-order chi connectivity index (χ1) is 8.88. The van der Waals surface area contributed by atoms with Crippen LogP contribution < -0.4 is 16.4 Å². The summed E-state index contributed by atoms with van der Waals surface area (Å²) in [5, 5.41) is 0.451. The number of nitrogens with two attached hydrogens (primary N) is 2. The summed E-state index contributed by atoms with van der Waals surface area (Å²) in [6, 6.07) is 3.47. The first kappa shape index (κ1) is 16.0. The van der Waals surface area contributed by atoms with Gasteiger partial charge < -0.3 is 16.4 Å². The predicted molar refractivity (Wildman–Crippen MR) is 85.2 cm³/mol. The number of benzene rings is 1. The third-order valence-corrected chi connectivity index (χ3v) is 4.04. The molecule has 1 atom stereocenters. The minimum Gasteiger partial charge on any atom is -0.399 e. The second-order valence-corrected chi connectivity index (χ2v) is 5.90. The van der Waals surface area contributed by atoms with Gasteiger partial charge in [-0.25, -0.2) is 0 Å². The number of hydrogen-bond donors (Lipinski definition) is 2. The van der Waals surface area contributed by atoms with E-state index in [4.69, 9.17) is 23.1 Å². The fourth-order valence-corrected chi connectivity index (χ4v) is 2.81. The predicted octanol–water partition coefficient (Wildman–Crippen LogP) is 2.60. The number of hydrogen-bond acceptors (Lipinski definition) is 4. The van der Waals surface area contributed by atoms with Gasteiger partial charge in [0, 0.05) is 18.8 Å². The number of rotatable bonds is 6. The molecule has 0 spiro atoms. The number of primary amides is 1. The molecule has 0 saturated carbocycles. The maximum absolute atomic E-state index is 11.5. The van der Waals surface area contributed by atoms with Crippen molar-refractivity contribution in [3.63, 3.8) is 0 Å². The van der Waals surface area contributed by atoms with Crippen LogP contribution >= 0.6 is 23.4 Å². The van der Waals surface area contributed by atoms with E-state index in [1.165, 1.54) is 0 Å². The summed E-state index contributed by atoms with van der Waals surface area (Å²) in [5.41, 5.74) is 12.6. The first-order valence-corrected chi connectivity index (χ1v) is 7.76. The number of amides is 1. The van der Waals surface area contributed by atoms with E-state index >= 15 is 0 Å². The van der Waals surface area contributed by atoms with Gasteiger partial charge in [-0.1, -0.05) is 11.6 Å². The van der Waals surface area contributed by atoms with Crippen LogP contribution in [0.25, 0.3) is 0 Å². The van der Waals surface area contributed by atoms with Crippen molar-refractivity contribution in [2.75, 3.05) is 29.7 Å². The largest absolute Gasteiger partial charge is 0.399 e. The van der Waals surface area contributed by atoms with Crippen LogP contribution in [-0.4, -0.2) is 31.0 Å². The average Bonchev–Trinajstić information content (AvgIpc) is 2.34. The summed E-state index contributed by atoms with van der Waals surface area (Å²) in [6.45, 7) is 2.09. The van der Waals surface area contributed by atoms with Gasteiger partial charge in [0.2, 0.25) is 0 Å². The Morgan fingerprint density at radius 2 is 2.16 bits per heavy atom. The minimum absolute atomic E-state index is 0.256. The lowest BCUT2D eigenvalue weighted by molar-refractivity contribution is 0.100. The Hall–Kier alpha value is -1.07. The third-order valence-electron chi connectivity index (χ3n) is 3.10. The number of nitrogens with zero attached hydrogens (tertiary/aromatic N) is 1. The SMILES string of the molecule is CSCCC(C)N(C)c1c(Cl)cc(N)cc1C(N)=O. The quantitative estimate of drug-likeness (QED) is 0.792. The van der Waals surface area contributed by atoms with Crippen LogP contribution in [0.1, 0.15) is 23.7 Å². The van der Waals surface area contributed by atoms with Gasteiger partial charge in [-0.2, -0.15) is 11.8 Å². The summed E-state index contributed by atoms with van der Waals surface area (Å²) in [4.78, 5) is 13.5. The first-order valence-electron chi connectivity index (χ1n) is 5.99. The van der Waals surface area contributed by atoms with E-state index in [2.05, 4.69) is 13.2 Å². The Bertz CT molecular complexity index is 467. The van der Waals surface area contributed by atoms with E-state index in [1.807, 2.05) is 11.9 Å². The van der Waals surface area contributed by atoms with Gasteiger partial charge in [0.05, 0.1) is 16.3 Å². The highest BCUT2D eigenvalue weighted by Gasteiger charge is 2.20.